The number of ether oxygens (including phenoxy) is 1. The molecule has 1 aliphatic heterocycles. The number of hydrogen-bond acceptors (Lipinski definition) is 3. The summed E-state index contributed by atoms with van der Waals surface area (Å²) in [6.45, 7) is 3.61. The zero-order valence-electron chi connectivity index (χ0n) is 13.2. The summed E-state index contributed by atoms with van der Waals surface area (Å²) in [5, 5.41) is 2.30. The number of anilines is 1. The van der Waals surface area contributed by atoms with E-state index in [0.717, 1.165) is 18.2 Å². The van der Waals surface area contributed by atoms with Crippen LogP contribution in [-0.4, -0.2) is 17.3 Å². The number of carbonyl (C=O) groups is 2. The lowest BCUT2D eigenvalue weighted by Crippen LogP contribution is -2.36. The zero-order valence-corrected chi connectivity index (χ0v) is 13.2. The molecule has 1 N–H and O–H groups in total. The van der Waals surface area contributed by atoms with E-state index in [1.54, 1.807) is 13.8 Å². The van der Waals surface area contributed by atoms with Crippen LogP contribution in [0.25, 0.3) is 0 Å². The predicted octanol–water partition coefficient (Wildman–Crippen LogP) is 3.96. The molecule has 0 aromatic heterocycles. The minimum Gasteiger partial charge on any atom is -0.487 e. The van der Waals surface area contributed by atoms with Crippen LogP contribution < -0.4 is 10.1 Å². The van der Waals surface area contributed by atoms with Gasteiger partial charge >= 0.3 is 0 Å². The molecule has 24 heavy (non-hydrogen) atoms. The van der Waals surface area contributed by atoms with Gasteiger partial charge in [0.05, 0.1) is 17.7 Å². The Bertz CT molecular complexity index is 846. The molecule has 2 aromatic rings. The van der Waals surface area contributed by atoms with Gasteiger partial charge in [0.25, 0.3) is 5.91 Å². The Morgan fingerprint density at radius 1 is 1.17 bits per heavy atom. The van der Waals surface area contributed by atoms with Crippen molar-refractivity contribution < 1.29 is 23.1 Å². The maximum absolute atomic E-state index is 13.6. The van der Waals surface area contributed by atoms with Gasteiger partial charge in [-0.05, 0) is 44.2 Å². The van der Waals surface area contributed by atoms with Gasteiger partial charge in [0.15, 0.2) is 5.78 Å². The van der Waals surface area contributed by atoms with Crippen molar-refractivity contribution in [1.29, 1.82) is 0 Å². The minimum atomic E-state index is -0.746. The fourth-order valence-electron chi connectivity index (χ4n) is 2.58. The Hall–Kier alpha value is -2.76. The number of nitrogens with one attached hydrogen (secondary N) is 1. The molecule has 1 heterocycles. The van der Waals surface area contributed by atoms with Gasteiger partial charge in [-0.25, -0.2) is 8.78 Å². The first kappa shape index (κ1) is 16.1. The van der Waals surface area contributed by atoms with E-state index in [2.05, 4.69) is 5.32 Å². The Balaban J connectivity index is 1.88. The van der Waals surface area contributed by atoms with Crippen LogP contribution in [0.1, 0.15) is 41.0 Å². The summed E-state index contributed by atoms with van der Waals surface area (Å²) in [5.74, 6) is -1.77. The molecule has 4 nitrogen and oxygen atoms in total. The second-order valence-corrected chi connectivity index (χ2v) is 6.25. The standard InChI is InChI=1S/C18H15F2NO3/c1-18(2)9-15(22)12-7-10(3-6-16(12)24-18)17(23)21-14-8-11(19)4-5-13(14)20/h3-8H,9H2,1-2H3,(H,21,23). The van der Waals surface area contributed by atoms with Crippen molar-refractivity contribution in [3.63, 3.8) is 0 Å². The largest absolute Gasteiger partial charge is 0.487 e. The molecule has 1 aliphatic rings. The van der Waals surface area contributed by atoms with Gasteiger partial charge < -0.3 is 10.1 Å². The number of carbonyl (C=O) groups excluding carboxylic acids is 2. The van der Waals surface area contributed by atoms with E-state index in [-0.39, 0.29) is 23.5 Å². The van der Waals surface area contributed by atoms with Crippen LogP contribution in [-0.2, 0) is 0 Å². The molecule has 2 aromatic carbocycles. The maximum atomic E-state index is 13.6. The first-order chi connectivity index (χ1) is 11.2. The average Bonchev–Trinajstić information content (AvgIpc) is 2.49. The molecule has 3 rings (SSSR count). The summed E-state index contributed by atoms with van der Waals surface area (Å²) >= 11 is 0. The molecular formula is C18H15F2NO3. The number of halogens is 2. The monoisotopic (exact) mass is 331 g/mol. The fourth-order valence-corrected chi connectivity index (χ4v) is 2.58. The highest BCUT2D eigenvalue weighted by Gasteiger charge is 2.32. The van der Waals surface area contributed by atoms with Crippen LogP contribution in [0.2, 0.25) is 0 Å². The minimum absolute atomic E-state index is 0.132. The Morgan fingerprint density at radius 3 is 2.67 bits per heavy atom. The van der Waals surface area contributed by atoms with E-state index in [1.165, 1.54) is 18.2 Å². The van der Waals surface area contributed by atoms with Gasteiger partial charge in [-0.1, -0.05) is 0 Å². The lowest BCUT2D eigenvalue weighted by molar-refractivity contribution is 0.0620. The van der Waals surface area contributed by atoms with Gasteiger partial charge in [0, 0.05) is 11.6 Å². The fraction of sp³-hybridized carbons (Fsp3) is 0.222. The van der Waals surface area contributed by atoms with Crippen LogP contribution in [0.5, 0.6) is 5.75 Å². The van der Waals surface area contributed by atoms with Crippen LogP contribution >= 0.6 is 0 Å². The van der Waals surface area contributed by atoms with Crippen LogP contribution in [0, 0.1) is 11.6 Å². The number of amides is 1. The van der Waals surface area contributed by atoms with Crippen molar-refractivity contribution >= 4 is 17.4 Å². The number of fused-ring (bicyclic) bond motifs is 1. The third kappa shape index (κ3) is 3.13. The molecule has 0 unspecified atom stereocenters. The summed E-state index contributed by atoms with van der Waals surface area (Å²) in [6, 6.07) is 7.19. The highest BCUT2D eigenvalue weighted by atomic mass is 19.1. The third-order valence-corrected chi connectivity index (χ3v) is 3.69. The topological polar surface area (TPSA) is 55.4 Å². The summed E-state index contributed by atoms with van der Waals surface area (Å²) < 4.78 is 32.5. The highest BCUT2D eigenvalue weighted by Crippen LogP contribution is 2.33. The Kier molecular flexibility index (Phi) is 3.83. The zero-order chi connectivity index (χ0) is 17.5. The van der Waals surface area contributed by atoms with Gasteiger partial charge in [-0.3, -0.25) is 9.59 Å². The lowest BCUT2D eigenvalue weighted by atomic mass is 9.92. The number of ketones is 1. The van der Waals surface area contributed by atoms with Crippen molar-refractivity contribution in [3.8, 4) is 5.75 Å². The highest BCUT2D eigenvalue weighted by molar-refractivity contribution is 6.07. The van der Waals surface area contributed by atoms with Crippen LogP contribution in [0.4, 0.5) is 14.5 Å². The molecule has 6 heteroatoms. The van der Waals surface area contributed by atoms with Crippen LogP contribution in [0.15, 0.2) is 36.4 Å². The molecule has 0 bridgehead atoms. The normalized spacial score (nSPS) is 15.4. The molecular weight excluding hydrogens is 316 g/mol. The molecule has 0 radical (unpaired) electrons. The number of rotatable bonds is 2. The molecule has 0 fully saturated rings. The number of benzene rings is 2. The van der Waals surface area contributed by atoms with E-state index >= 15 is 0 Å². The van der Waals surface area contributed by atoms with E-state index in [4.69, 9.17) is 4.74 Å². The van der Waals surface area contributed by atoms with Crippen molar-refractivity contribution in [1.82, 2.24) is 0 Å². The lowest BCUT2D eigenvalue weighted by Gasteiger charge is -2.31. The summed E-state index contributed by atoms with van der Waals surface area (Å²) in [5.41, 5.74) is -0.393. The van der Waals surface area contributed by atoms with Crippen molar-refractivity contribution in [2.75, 3.05) is 5.32 Å². The summed E-state index contributed by atoms with van der Waals surface area (Å²) in [7, 11) is 0. The van der Waals surface area contributed by atoms with E-state index in [0.29, 0.717) is 11.3 Å². The van der Waals surface area contributed by atoms with Gasteiger partial charge in [0.1, 0.15) is 23.0 Å². The smallest absolute Gasteiger partial charge is 0.255 e. The van der Waals surface area contributed by atoms with Crippen molar-refractivity contribution in [2.24, 2.45) is 0 Å². The van der Waals surface area contributed by atoms with E-state index < -0.39 is 23.1 Å². The molecule has 0 atom stereocenters. The van der Waals surface area contributed by atoms with E-state index in [1.807, 2.05) is 0 Å². The SMILES string of the molecule is CC1(C)CC(=O)c2cc(C(=O)Nc3cc(F)ccc3F)ccc2O1. The second-order valence-electron chi connectivity index (χ2n) is 6.25. The summed E-state index contributed by atoms with van der Waals surface area (Å²) in [6.07, 6.45) is 0.198. The van der Waals surface area contributed by atoms with E-state index in [9.17, 15) is 18.4 Å². The number of Topliss-reactive ketones (excluding diaryl/α,β-unsaturated/α-hetero) is 1. The Morgan fingerprint density at radius 2 is 1.92 bits per heavy atom. The number of hydrogen-bond donors (Lipinski definition) is 1. The second kappa shape index (κ2) is 5.70. The van der Waals surface area contributed by atoms with Gasteiger partial charge in [-0.2, -0.15) is 0 Å². The Labute approximate surface area is 137 Å². The maximum Gasteiger partial charge on any atom is 0.255 e. The van der Waals surface area contributed by atoms with Crippen molar-refractivity contribution in [3.05, 3.63) is 59.2 Å². The molecule has 0 saturated heterocycles. The molecule has 1 amide bonds. The molecule has 0 spiro atoms. The van der Waals surface area contributed by atoms with Crippen molar-refractivity contribution in [2.45, 2.75) is 25.9 Å². The first-order valence-electron chi connectivity index (χ1n) is 7.38. The molecule has 0 aliphatic carbocycles. The predicted molar refractivity (Wildman–Crippen MR) is 84.4 cm³/mol. The average molecular weight is 331 g/mol. The van der Waals surface area contributed by atoms with Crippen LogP contribution in [0.3, 0.4) is 0 Å². The van der Waals surface area contributed by atoms with Gasteiger partial charge in [0.2, 0.25) is 0 Å². The first-order valence-corrected chi connectivity index (χ1v) is 7.38. The van der Waals surface area contributed by atoms with Gasteiger partial charge in [-0.15, -0.1) is 0 Å². The molecule has 124 valence electrons. The summed E-state index contributed by atoms with van der Waals surface area (Å²) in [4.78, 5) is 24.5. The molecule has 0 saturated carbocycles. The third-order valence-electron chi connectivity index (χ3n) is 3.69. The quantitative estimate of drug-likeness (QED) is 0.906.